The minimum Gasteiger partial charge on any atom is -0.378 e. The standard InChI is InChI=1S/C13H23N3O/c1-2-7-14-12(13-15-8-9-16-13)6-5-11-4-3-10-17-11/h8-9,11-12,14H,2-7,10H2,1H3,(H,15,16). The lowest BCUT2D eigenvalue weighted by Gasteiger charge is -2.18. The van der Waals surface area contributed by atoms with Gasteiger partial charge in [-0.1, -0.05) is 6.92 Å². The van der Waals surface area contributed by atoms with Crippen LogP contribution in [0, 0.1) is 0 Å². The van der Waals surface area contributed by atoms with Crippen LogP contribution in [0.3, 0.4) is 0 Å². The van der Waals surface area contributed by atoms with Crippen LogP contribution in [0.4, 0.5) is 0 Å². The quantitative estimate of drug-likeness (QED) is 0.765. The lowest BCUT2D eigenvalue weighted by molar-refractivity contribution is 0.0993. The first-order valence-corrected chi connectivity index (χ1v) is 6.74. The Bertz CT molecular complexity index is 294. The summed E-state index contributed by atoms with van der Waals surface area (Å²) < 4.78 is 5.67. The predicted molar refractivity (Wildman–Crippen MR) is 67.8 cm³/mol. The van der Waals surface area contributed by atoms with Gasteiger partial charge in [-0.05, 0) is 38.6 Å². The van der Waals surface area contributed by atoms with Gasteiger partial charge in [0.15, 0.2) is 0 Å². The van der Waals surface area contributed by atoms with Gasteiger partial charge >= 0.3 is 0 Å². The number of H-pyrrole nitrogens is 1. The minimum atomic E-state index is 0.342. The molecule has 0 amide bonds. The maximum atomic E-state index is 5.67. The van der Waals surface area contributed by atoms with Gasteiger partial charge in [0.25, 0.3) is 0 Å². The molecule has 96 valence electrons. The summed E-state index contributed by atoms with van der Waals surface area (Å²) in [7, 11) is 0. The average Bonchev–Trinajstić information content (AvgIpc) is 3.01. The molecule has 1 aromatic rings. The van der Waals surface area contributed by atoms with Crippen molar-refractivity contribution in [2.45, 2.75) is 51.2 Å². The van der Waals surface area contributed by atoms with Gasteiger partial charge in [-0.25, -0.2) is 4.98 Å². The number of nitrogens with zero attached hydrogens (tertiary/aromatic N) is 1. The summed E-state index contributed by atoms with van der Waals surface area (Å²) in [6, 6.07) is 0.342. The van der Waals surface area contributed by atoms with Crippen molar-refractivity contribution in [2.24, 2.45) is 0 Å². The summed E-state index contributed by atoms with van der Waals surface area (Å²) in [5.41, 5.74) is 0. The van der Waals surface area contributed by atoms with Gasteiger partial charge in [0.05, 0.1) is 12.1 Å². The fourth-order valence-corrected chi connectivity index (χ4v) is 2.35. The fourth-order valence-electron chi connectivity index (χ4n) is 2.35. The molecule has 2 N–H and O–H groups in total. The Kier molecular flexibility index (Phi) is 5.01. The van der Waals surface area contributed by atoms with Crippen LogP contribution in [0.15, 0.2) is 12.4 Å². The molecular formula is C13H23N3O. The second-order valence-electron chi connectivity index (χ2n) is 4.69. The lowest BCUT2D eigenvalue weighted by Crippen LogP contribution is -2.24. The maximum absolute atomic E-state index is 5.67. The number of aromatic amines is 1. The molecule has 4 nitrogen and oxygen atoms in total. The Hall–Kier alpha value is -0.870. The third-order valence-electron chi connectivity index (χ3n) is 3.29. The van der Waals surface area contributed by atoms with E-state index in [1.54, 1.807) is 0 Å². The predicted octanol–water partition coefficient (Wildman–Crippen LogP) is 2.41. The Labute approximate surface area is 103 Å². The smallest absolute Gasteiger partial charge is 0.123 e. The molecule has 0 spiro atoms. The van der Waals surface area contributed by atoms with E-state index in [4.69, 9.17) is 4.74 Å². The van der Waals surface area contributed by atoms with Gasteiger partial charge in [-0.15, -0.1) is 0 Å². The molecule has 2 rings (SSSR count). The molecule has 0 aromatic carbocycles. The number of rotatable bonds is 7. The van der Waals surface area contributed by atoms with Crippen LogP contribution in [-0.2, 0) is 4.74 Å². The molecule has 1 aliphatic rings. The minimum absolute atomic E-state index is 0.342. The largest absolute Gasteiger partial charge is 0.378 e. The molecule has 2 heterocycles. The molecule has 1 fully saturated rings. The van der Waals surface area contributed by atoms with Crippen LogP contribution in [0.1, 0.15) is 50.9 Å². The van der Waals surface area contributed by atoms with Crippen LogP contribution in [0.5, 0.6) is 0 Å². The molecule has 1 aromatic heterocycles. The molecule has 0 saturated carbocycles. The second-order valence-corrected chi connectivity index (χ2v) is 4.69. The van der Waals surface area contributed by atoms with Crippen LogP contribution < -0.4 is 5.32 Å². The highest BCUT2D eigenvalue weighted by Crippen LogP contribution is 2.22. The number of hydrogen-bond donors (Lipinski definition) is 2. The van der Waals surface area contributed by atoms with E-state index in [2.05, 4.69) is 22.2 Å². The van der Waals surface area contributed by atoms with Crippen LogP contribution >= 0.6 is 0 Å². The van der Waals surface area contributed by atoms with E-state index >= 15 is 0 Å². The Balaban J connectivity index is 1.82. The van der Waals surface area contributed by atoms with Crippen molar-refractivity contribution in [1.29, 1.82) is 0 Å². The number of imidazole rings is 1. The van der Waals surface area contributed by atoms with Crippen molar-refractivity contribution in [3.8, 4) is 0 Å². The topological polar surface area (TPSA) is 49.9 Å². The van der Waals surface area contributed by atoms with Gasteiger partial charge in [0, 0.05) is 19.0 Å². The van der Waals surface area contributed by atoms with Crippen molar-refractivity contribution in [3.05, 3.63) is 18.2 Å². The van der Waals surface area contributed by atoms with E-state index < -0.39 is 0 Å². The highest BCUT2D eigenvalue weighted by molar-refractivity contribution is 4.95. The Morgan fingerprint density at radius 3 is 3.24 bits per heavy atom. The zero-order chi connectivity index (χ0) is 11.9. The summed E-state index contributed by atoms with van der Waals surface area (Å²) >= 11 is 0. The molecule has 0 bridgehead atoms. The van der Waals surface area contributed by atoms with Crippen molar-refractivity contribution in [2.75, 3.05) is 13.2 Å². The van der Waals surface area contributed by atoms with E-state index in [0.29, 0.717) is 12.1 Å². The van der Waals surface area contributed by atoms with E-state index in [1.807, 2.05) is 12.4 Å². The number of nitrogens with one attached hydrogen (secondary N) is 2. The van der Waals surface area contributed by atoms with Gasteiger partial charge in [-0.2, -0.15) is 0 Å². The van der Waals surface area contributed by atoms with Crippen molar-refractivity contribution >= 4 is 0 Å². The van der Waals surface area contributed by atoms with Crippen molar-refractivity contribution in [1.82, 2.24) is 15.3 Å². The van der Waals surface area contributed by atoms with Crippen LogP contribution in [0.25, 0.3) is 0 Å². The molecule has 4 heteroatoms. The summed E-state index contributed by atoms with van der Waals surface area (Å²) in [6.07, 6.45) is 9.99. The molecule has 1 saturated heterocycles. The first-order chi connectivity index (χ1) is 8.40. The Morgan fingerprint density at radius 2 is 2.59 bits per heavy atom. The maximum Gasteiger partial charge on any atom is 0.123 e. The van der Waals surface area contributed by atoms with E-state index in [9.17, 15) is 0 Å². The summed E-state index contributed by atoms with van der Waals surface area (Å²) in [4.78, 5) is 7.56. The number of ether oxygens (including phenoxy) is 1. The zero-order valence-electron chi connectivity index (χ0n) is 10.6. The highest BCUT2D eigenvalue weighted by atomic mass is 16.5. The van der Waals surface area contributed by atoms with Gasteiger partial charge in [0.2, 0.25) is 0 Å². The zero-order valence-corrected chi connectivity index (χ0v) is 10.6. The van der Waals surface area contributed by atoms with Gasteiger partial charge in [0.1, 0.15) is 5.82 Å². The highest BCUT2D eigenvalue weighted by Gasteiger charge is 2.19. The first-order valence-electron chi connectivity index (χ1n) is 6.74. The summed E-state index contributed by atoms with van der Waals surface area (Å²) in [5.74, 6) is 1.05. The summed E-state index contributed by atoms with van der Waals surface area (Å²) in [6.45, 7) is 4.17. The van der Waals surface area contributed by atoms with Crippen LogP contribution in [-0.4, -0.2) is 29.2 Å². The fraction of sp³-hybridized carbons (Fsp3) is 0.769. The molecule has 0 radical (unpaired) electrons. The van der Waals surface area contributed by atoms with Crippen LogP contribution in [0.2, 0.25) is 0 Å². The third kappa shape index (κ3) is 3.82. The lowest BCUT2D eigenvalue weighted by atomic mass is 10.1. The van der Waals surface area contributed by atoms with E-state index in [0.717, 1.165) is 38.2 Å². The summed E-state index contributed by atoms with van der Waals surface area (Å²) in [5, 5.41) is 3.55. The normalized spacial score (nSPS) is 21.8. The molecule has 0 aliphatic carbocycles. The molecule has 2 atom stereocenters. The average molecular weight is 237 g/mol. The Morgan fingerprint density at radius 1 is 1.65 bits per heavy atom. The number of aromatic nitrogens is 2. The molecular weight excluding hydrogens is 214 g/mol. The monoisotopic (exact) mass is 237 g/mol. The third-order valence-corrected chi connectivity index (χ3v) is 3.29. The molecule has 1 aliphatic heterocycles. The number of hydrogen-bond acceptors (Lipinski definition) is 3. The second kappa shape index (κ2) is 6.77. The first kappa shape index (κ1) is 12.6. The molecule has 2 unspecified atom stereocenters. The van der Waals surface area contributed by atoms with E-state index in [1.165, 1.54) is 12.8 Å². The van der Waals surface area contributed by atoms with Crippen molar-refractivity contribution in [3.63, 3.8) is 0 Å². The van der Waals surface area contributed by atoms with Crippen molar-refractivity contribution < 1.29 is 4.74 Å². The molecule has 17 heavy (non-hydrogen) atoms. The van der Waals surface area contributed by atoms with Gasteiger partial charge < -0.3 is 15.0 Å². The van der Waals surface area contributed by atoms with Gasteiger partial charge in [-0.3, -0.25) is 0 Å². The van der Waals surface area contributed by atoms with E-state index in [-0.39, 0.29) is 0 Å². The SMILES string of the molecule is CCCNC(CCC1CCCO1)c1ncc[nH]1.